The van der Waals surface area contributed by atoms with E-state index in [1.165, 1.54) is 47.8 Å². The molecule has 1 fully saturated rings. The van der Waals surface area contributed by atoms with Crippen LogP contribution in [0.5, 0.6) is 0 Å². The molecule has 0 atom stereocenters. The van der Waals surface area contributed by atoms with Crippen LogP contribution in [0.2, 0.25) is 10.0 Å². The van der Waals surface area contributed by atoms with Crippen LogP contribution in [0.4, 0.5) is 17.1 Å². The van der Waals surface area contributed by atoms with Crippen LogP contribution in [0.1, 0.15) is 15.9 Å². The summed E-state index contributed by atoms with van der Waals surface area (Å²) in [6.45, 7) is 1.58. The van der Waals surface area contributed by atoms with Crippen molar-refractivity contribution in [3.63, 3.8) is 0 Å². The number of amides is 1. The maximum Gasteiger partial charge on any atom is 0.257 e. The second-order valence-electron chi connectivity index (χ2n) is 9.47. The van der Waals surface area contributed by atoms with Gasteiger partial charge in [-0.1, -0.05) is 35.0 Å². The van der Waals surface area contributed by atoms with Crippen LogP contribution in [0.3, 0.4) is 0 Å². The fraction of sp³-hybridized carbons (Fsp3) is 0.250. The van der Waals surface area contributed by atoms with Crippen LogP contribution >= 0.6 is 23.2 Å². The number of carbonyl (C=O) groups excluding carboxylic acids is 1. The van der Waals surface area contributed by atoms with E-state index in [9.17, 15) is 21.6 Å². The number of nitrogens with zero attached hydrogens (tertiary/aromatic N) is 3. The van der Waals surface area contributed by atoms with Gasteiger partial charge in [-0.3, -0.25) is 9.10 Å². The monoisotopic (exact) mass is 649 g/mol. The molecular formula is C28H29Cl2N5O5S2. The summed E-state index contributed by atoms with van der Waals surface area (Å²) in [4.78, 5) is 15.4. The molecule has 14 heteroatoms. The largest absolute Gasteiger partial charge is 0.369 e. The van der Waals surface area contributed by atoms with Gasteiger partial charge in [0.05, 0.1) is 28.9 Å². The van der Waals surface area contributed by atoms with E-state index in [-0.39, 0.29) is 35.8 Å². The van der Waals surface area contributed by atoms with E-state index in [0.29, 0.717) is 34.4 Å². The van der Waals surface area contributed by atoms with Gasteiger partial charge >= 0.3 is 0 Å². The summed E-state index contributed by atoms with van der Waals surface area (Å²) in [5.41, 5.74) is 7.31. The normalized spacial score (nSPS) is 14.2. The van der Waals surface area contributed by atoms with Crippen LogP contribution in [0, 0.1) is 11.8 Å². The summed E-state index contributed by atoms with van der Waals surface area (Å²) in [5.74, 6) is 4.94. The first-order valence-electron chi connectivity index (χ1n) is 12.7. The molecule has 0 spiro atoms. The molecule has 0 bridgehead atoms. The minimum atomic E-state index is -3.79. The van der Waals surface area contributed by atoms with Crippen LogP contribution in [0.15, 0.2) is 65.6 Å². The summed E-state index contributed by atoms with van der Waals surface area (Å²) >= 11 is 12.2. The standard InChI is InChI=1S/C28H29Cl2N5O5S2/c1-33(41(2,37)38)27-10-5-20(4-3-11-31)16-26(27)28(36)32-23-6-8-25(9-7-23)42(39,40)35-14-12-34(13-15-35)24-18-21(29)17-22(30)19-24/h5-10,16-19H,11-15,31H2,1-2H3,(H,32,36). The van der Waals surface area contributed by atoms with Gasteiger partial charge in [0.2, 0.25) is 20.0 Å². The van der Waals surface area contributed by atoms with Crippen LogP contribution in [0.25, 0.3) is 0 Å². The highest BCUT2D eigenvalue weighted by atomic mass is 35.5. The topological polar surface area (TPSA) is 133 Å². The fourth-order valence-corrected chi connectivity index (χ4v) is 6.82. The highest BCUT2D eigenvalue weighted by Crippen LogP contribution is 2.28. The Kier molecular flexibility index (Phi) is 9.72. The van der Waals surface area contributed by atoms with E-state index in [2.05, 4.69) is 17.2 Å². The molecule has 222 valence electrons. The number of piperazine rings is 1. The van der Waals surface area contributed by atoms with E-state index < -0.39 is 26.0 Å². The summed E-state index contributed by atoms with van der Waals surface area (Å²) in [5, 5.41) is 3.72. The van der Waals surface area contributed by atoms with E-state index in [1.54, 1.807) is 24.3 Å². The Morgan fingerprint density at radius 3 is 2.14 bits per heavy atom. The average Bonchev–Trinajstić information content (AvgIpc) is 2.95. The molecule has 3 aromatic rings. The summed E-state index contributed by atoms with van der Waals surface area (Å²) in [6.07, 6.45) is 1.03. The number of rotatable bonds is 7. The summed E-state index contributed by atoms with van der Waals surface area (Å²) < 4.78 is 53.4. The Hall–Kier alpha value is -3.31. The van der Waals surface area contributed by atoms with Gasteiger partial charge < -0.3 is 16.0 Å². The molecular weight excluding hydrogens is 621 g/mol. The highest BCUT2D eigenvalue weighted by Gasteiger charge is 2.29. The van der Waals surface area contributed by atoms with E-state index in [1.807, 2.05) is 4.90 Å². The maximum absolute atomic E-state index is 13.3. The number of hydrogen-bond acceptors (Lipinski definition) is 7. The Morgan fingerprint density at radius 2 is 1.57 bits per heavy atom. The molecule has 0 aliphatic carbocycles. The number of nitrogens with one attached hydrogen (secondary N) is 1. The van der Waals surface area contributed by atoms with E-state index in [4.69, 9.17) is 28.9 Å². The van der Waals surface area contributed by atoms with Crippen molar-refractivity contribution < 1.29 is 21.6 Å². The minimum Gasteiger partial charge on any atom is -0.369 e. The molecule has 3 N–H and O–H groups in total. The average molecular weight is 651 g/mol. The second kappa shape index (κ2) is 12.9. The molecule has 1 aliphatic rings. The molecule has 0 unspecified atom stereocenters. The first kappa shape index (κ1) is 31.6. The zero-order valence-corrected chi connectivity index (χ0v) is 26.0. The van der Waals surface area contributed by atoms with Gasteiger partial charge in [-0.2, -0.15) is 4.31 Å². The molecule has 1 heterocycles. The first-order valence-corrected chi connectivity index (χ1v) is 16.7. The lowest BCUT2D eigenvalue weighted by molar-refractivity contribution is 0.102. The van der Waals surface area contributed by atoms with Crippen LogP contribution in [-0.2, 0) is 20.0 Å². The zero-order chi connectivity index (χ0) is 30.7. The lowest BCUT2D eigenvalue weighted by Crippen LogP contribution is -2.48. The number of anilines is 3. The minimum absolute atomic E-state index is 0.0716. The number of nitrogens with two attached hydrogens (primary N) is 1. The molecule has 0 saturated carbocycles. The van der Waals surface area contributed by atoms with E-state index >= 15 is 0 Å². The third-order valence-corrected chi connectivity index (χ3v) is 10.2. The van der Waals surface area contributed by atoms with Gasteiger partial charge in [0.25, 0.3) is 5.91 Å². The number of benzene rings is 3. The number of sulfonamides is 2. The van der Waals surface area contributed by atoms with Crippen molar-refractivity contribution in [3.05, 3.63) is 81.8 Å². The van der Waals surface area contributed by atoms with Gasteiger partial charge in [0, 0.05) is 60.2 Å². The predicted octanol–water partition coefficient (Wildman–Crippen LogP) is 3.46. The second-order valence-corrected chi connectivity index (χ2v) is 14.3. The number of carbonyl (C=O) groups is 1. The van der Waals surface area contributed by atoms with Gasteiger partial charge in [-0.25, -0.2) is 16.8 Å². The lowest BCUT2D eigenvalue weighted by Gasteiger charge is -2.35. The molecule has 0 aromatic heterocycles. The van der Waals surface area contributed by atoms with Crippen molar-refractivity contribution in [2.75, 3.05) is 60.5 Å². The van der Waals surface area contributed by atoms with Gasteiger partial charge in [0.15, 0.2) is 0 Å². The quantitative estimate of drug-likeness (QED) is 0.375. The Labute approximate surface area is 256 Å². The fourth-order valence-electron chi connectivity index (χ4n) is 4.37. The van der Waals surface area contributed by atoms with Crippen molar-refractivity contribution in [2.45, 2.75) is 4.90 Å². The highest BCUT2D eigenvalue weighted by molar-refractivity contribution is 7.92. The molecule has 1 aliphatic heterocycles. The van der Waals surface area contributed by atoms with Gasteiger partial charge in [-0.05, 0) is 60.7 Å². The van der Waals surface area contributed by atoms with Gasteiger partial charge in [-0.15, -0.1) is 0 Å². The van der Waals surface area contributed by atoms with Crippen LogP contribution < -0.4 is 20.3 Å². The SMILES string of the molecule is CN(c1ccc(C#CCN)cc1C(=O)Nc1ccc(S(=O)(=O)N2CCN(c3cc(Cl)cc(Cl)c3)CC2)cc1)S(C)(=O)=O. The van der Waals surface area contributed by atoms with Gasteiger partial charge in [0.1, 0.15) is 0 Å². The van der Waals surface area contributed by atoms with Crippen LogP contribution in [-0.4, -0.2) is 73.1 Å². The zero-order valence-electron chi connectivity index (χ0n) is 22.8. The maximum atomic E-state index is 13.3. The molecule has 42 heavy (non-hydrogen) atoms. The Morgan fingerprint density at radius 1 is 0.952 bits per heavy atom. The van der Waals surface area contributed by atoms with Crippen molar-refractivity contribution in [2.24, 2.45) is 5.73 Å². The predicted molar refractivity (Wildman–Crippen MR) is 167 cm³/mol. The molecule has 4 rings (SSSR count). The smallest absolute Gasteiger partial charge is 0.257 e. The van der Waals surface area contributed by atoms with E-state index in [0.717, 1.165) is 16.2 Å². The first-order chi connectivity index (χ1) is 19.8. The third kappa shape index (κ3) is 7.36. The Balaban J connectivity index is 1.49. The molecule has 0 radical (unpaired) electrons. The van der Waals surface area contributed by atoms with Crippen molar-refractivity contribution in [1.29, 1.82) is 0 Å². The lowest BCUT2D eigenvalue weighted by atomic mass is 10.1. The summed E-state index contributed by atoms with van der Waals surface area (Å²) in [6, 6.07) is 15.6. The number of hydrogen-bond donors (Lipinski definition) is 2. The van der Waals surface area contributed by atoms with Crippen molar-refractivity contribution in [1.82, 2.24) is 4.31 Å². The third-order valence-electron chi connectivity index (χ3n) is 6.61. The molecule has 3 aromatic carbocycles. The number of halogens is 2. The molecule has 1 amide bonds. The molecule has 10 nitrogen and oxygen atoms in total. The molecule has 1 saturated heterocycles. The van der Waals surface area contributed by atoms with Crippen molar-refractivity contribution >= 4 is 66.2 Å². The summed E-state index contributed by atoms with van der Waals surface area (Å²) in [7, 11) is -6.10. The van der Waals surface area contributed by atoms with Crippen molar-refractivity contribution in [3.8, 4) is 11.8 Å². The Bertz CT molecular complexity index is 1740.